The number of benzene rings is 2. The van der Waals surface area contributed by atoms with Crippen LogP contribution in [0.5, 0.6) is 0 Å². The van der Waals surface area contributed by atoms with Crippen LogP contribution in [0.2, 0.25) is 0 Å². The SMILES string of the molecule is Cc1ccc(CC(N=C(c2ccccc2)c2ccccc2)C(=O)OC(C)(C)C)s1. The first-order valence-electron chi connectivity index (χ1n) is 9.78. The molecule has 0 fully saturated rings. The number of hydrogen-bond donors (Lipinski definition) is 0. The van der Waals surface area contributed by atoms with Crippen molar-refractivity contribution in [2.45, 2.75) is 45.8 Å². The quantitative estimate of drug-likeness (QED) is 0.381. The van der Waals surface area contributed by atoms with E-state index < -0.39 is 11.6 Å². The molecule has 0 bridgehead atoms. The summed E-state index contributed by atoms with van der Waals surface area (Å²) >= 11 is 1.69. The lowest BCUT2D eigenvalue weighted by atomic mass is 10.0. The number of nitrogens with zero attached hydrogens (tertiary/aromatic N) is 1. The van der Waals surface area contributed by atoms with E-state index in [2.05, 4.69) is 19.1 Å². The summed E-state index contributed by atoms with van der Waals surface area (Å²) in [5, 5.41) is 0. The van der Waals surface area contributed by atoms with Gasteiger partial charge in [0.1, 0.15) is 5.60 Å². The molecular formula is C25H27NO2S. The summed E-state index contributed by atoms with van der Waals surface area (Å²) < 4.78 is 5.71. The fraction of sp³-hybridized carbons (Fsp3) is 0.280. The zero-order chi connectivity index (χ0) is 20.9. The molecule has 150 valence electrons. The van der Waals surface area contributed by atoms with Crippen LogP contribution in [0.15, 0.2) is 77.8 Å². The summed E-state index contributed by atoms with van der Waals surface area (Å²) in [5.41, 5.74) is 2.20. The Labute approximate surface area is 177 Å². The van der Waals surface area contributed by atoms with Crippen LogP contribution in [0.25, 0.3) is 0 Å². The Morgan fingerprint density at radius 2 is 1.48 bits per heavy atom. The number of aryl methyl sites for hydroxylation is 1. The fourth-order valence-corrected chi connectivity index (χ4v) is 3.93. The Kier molecular flexibility index (Phi) is 6.65. The van der Waals surface area contributed by atoms with Crippen molar-refractivity contribution in [3.05, 3.63) is 93.7 Å². The normalized spacial score (nSPS) is 12.3. The first-order valence-corrected chi connectivity index (χ1v) is 10.6. The molecule has 0 radical (unpaired) electrons. The lowest BCUT2D eigenvalue weighted by molar-refractivity contribution is -0.156. The Balaban J connectivity index is 2.04. The molecule has 0 amide bonds. The lowest BCUT2D eigenvalue weighted by Gasteiger charge is -2.23. The van der Waals surface area contributed by atoms with Gasteiger partial charge in [0.2, 0.25) is 0 Å². The van der Waals surface area contributed by atoms with Crippen molar-refractivity contribution >= 4 is 23.0 Å². The summed E-state index contributed by atoms with van der Waals surface area (Å²) in [5.74, 6) is -0.298. The molecule has 1 atom stereocenters. The standard InChI is InChI=1S/C25H27NO2S/c1-18-15-16-21(29-18)17-22(24(27)28-25(2,3)4)26-23(19-11-7-5-8-12-19)20-13-9-6-10-14-20/h5-16,22H,17H2,1-4H3. The monoisotopic (exact) mass is 405 g/mol. The third-order valence-electron chi connectivity index (χ3n) is 4.25. The predicted octanol–water partition coefficient (Wildman–Crippen LogP) is 5.85. The van der Waals surface area contributed by atoms with Gasteiger partial charge < -0.3 is 4.74 Å². The average Bonchev–Trinajstić information content (AvgIpc) is 3.10. The van der Waals surface area contributed by atoms with E-state index >= 15 is 0 Å². The second kappa shape index (κ2) is 9.19. The third-order valence-corrected chi connectivity index (χ3v) is 5.27. The maximum absolute atomic E-state index is 13.0. The smallest absolute Gasteiger partial charge is 0.331 e. The molecule has 3 aromatic rings. The zero-order valence-corrected chi connectivity index (χ0v) is 18.2. The molecule has 0 aliphatic heterocycles. The minimum atomic E-state index is -0.609. The summed E-state index contributed by atoms with van der Waals surface area (Å²) in [6.07, 6.45) is 0.524. The van der Waals surface area contributed by atoms with Crippen LogP contribution in [-0.2, 0) is 16.0 Å². The van der Waals surface area contributed by atoms with Crippen molar-refractivity contribution in [2.24, 2.45) is 4.99 Å². The predicted molar refractivity (Wildman–Crippen MR) is 121 cm³/mol. The highest BCUT2D eigenvalue weighted by Crippen LogP contribution is 2.21. The molecule has 1 heterocycles. The van der Waals surface area contributed by atoms with Gasteiger partial charge in [0.05, 0.1) is 5.71 Å². The molecule has 0 saturated carbocycles. The van der Waals surface area contributed by atoms with Gasteiger partial charge in [0.25, 0.3) is 0 Å². The number of ether oxygens (including phenoxy) is 1. The molecule has 2 aromatic carbocycles. The second-order valence-corrected chi connectivity index (χ2v) is 9.35. The highest BCUT2D eigenvalue weighted by molar-refractivity contribution is 7.11. The van der Waals surface area contributed by atoms with Gasteiger partial charge in [-0.3, -0.25) is 4.99 Å². The third kappa shape index (κ3) is 6.13. The molecule has 29 heavy (non-hydrogen) atoms. The van der Waals surface area contributed by atoms with Crippen molar-refractivity contribution in [1.29, 1.82) is 0 Å². The summed E-state index contributed by atoms with van der Waals surface area (Å²) in [6.45, 7) is 7.72. The first kappa shape index (κ1) is 21.0. The molecule has 0 saturated heterocycles. The number of thiophene rings is 1. The molecule has 0 aliphatic carbocycles. The van der Waals surface area contributed by atoms with E-state index in [1.807, 2.05) is 81.4 Å². The topological polar surface area (TPSA) is 38.7 Å². The molecule has 3 nitrogen and oxygen atoms in total. The van der Waals surface area contributed by atoms with E-state index in [-0.39, 0.29) is 5.97 Å². The lowest BCUT2D eigenvalue weighted by Crippen LogP contribution is -2.33. The number of carbonyl (C=O) groups excluding carboxylic acids is 1. The fourth-order valence-electron chi connectivity index (χ4n) is 3.00. The van der Waals surface area contributed by atoms with Crippen LogP contribution in [0.4, 0.5) is 0 Å². The number of hydrogen-bond acceptors (Lipinski definition) is 4. The summed E-state index contributed by atoms with van der Waals surface area (Å²) in [7, 11) is 0. The van der Waals surface area contributed by atoms with E-state index in [9.17, 15) is 4.79 Å². The Bertz CT molecular complexity index is 927. The van der Waals surface area contributed by atoms with Crippen LogP contribution in [0, 0.1) is 6.92 Å². The van der Waals surface area contributed by atoms with Gasteiger partial charge in [0, 0.05) is 27.3 Å². The van der Waals surface area contributed by atoms with E-state index in [1.54, 1.807) is 11.3 Å². The number of carbonyl (C=O) groups is 1. The van der Waals surface area contributed by atoms with E-state index in [4.69, 9.17) is 9.73 Å². The van der Waals surface area contributed by atoms with E-state index in [0.717, 1.165) is 21.7 Å². The van der Waals surface area contributed by atoms with Crippen molar-refractivity contribution in [3.63, 3.8) is 0 Å². The molecule has 1 unspecified atom stereocenters. The highest BCUT2D eigenvalue weighted by Gasteiger charge is 2.26. The van der Waals surface area contributed by atoms with Crippen LogP contribution in [-0.4, -0.2) is 23.3 Å². The van der Waals surface area contributed by atoms with Crippen molar-refractivity contribution in [3.8, 4) is 0 Å². The molecule has 0 N–H and O–H groups in total. The summed E-state index contributed by atoms with van der Waals surface area (Å²) in [4.78, 5) is 20.3. The zero-order valence-electron chi connectivity index (χ0n) is 17.4. The van der Waals surface area contributed by atoms with Crippen LogP contribution >= 0.6 is 11.3 Å². The Morgan fingerprint density at radius 3 is 1.93 bits per heavy atom. The largest absolute Gasteiger partial charge is 0.458 e. The van der Waals surface area contributed by atoms with E-state index in [0.29, 0.717) is 6.42 Å². The van der Waals surface area contributed by atoms with Crippen LogP contribution in [0.3, 0.4) is 0 Å². The van der Waals surface area contributed by atoms with Crippen LogP contribution in [0.1, 0.15) is 41.7 Å². The van der Waals surface area contributed by atoms with Gasteiger partial charge in [-0.1, -0.05) is 60.7 Å². The molecule has 1 aromatic heterocycles. The Hall–Kier alpha value is -2.72. The molecule has 4 heteroatoms. The number of aliphatic imine (C=N–C) groups is 1. The van der Waals surface area contributed by atoms with Gasteiger partial charge in [-0.25, -0.2) is 4.79 Å². The Morgan fingerprint density at radius 1 is 0.931 bits per heavy atom. The molecule has 0 aliphatic rings. The van der Waals surface area contributed by atoms with Gasteiger partial charge in [-0.05, 0) is 39.8 Å². The minimum Gasteiger partial charge on any atom is -0.458 e. The maximum Gasteiger partial charge on any atom is 0.331 e. The van der Waals surface area contributed by atoms with Gasteiger partial charge in [0.15, 0.2) is 6.04 Å². The van der Waals surface area contributed by atoms with E-state index in [1.165, 1.54) is 4.88 Å². The minimum absolute atomic E-state index is 0.298. The van der Waals surface area contributed by atoms with Gasteiger partial charge >= 0.3 is 5.97 Å². The van der Waals surface area contributed by atoms with Gasteiger partial charge in [-0.2, -0.15) is 0 Å². The first-order chi connectivity index (χ1) is 13.8. The molecule has 3 rings (SSSR count). The summed E-state index contributed by atoms with van der Waals surface area (Å²) in [6, 6.07) is 23.5. The van der Waals surface area contributed by atoms with Crippen molar-refractivity contribution < 1.29 is 9.53 Å². The van der Waals surface area contributed by atoms with Crippen molar-refractivity contribution in [2.75, 3.05) is 0 Å². The average molecular weight is 406 g/mol. The van der Waals surface area contributed by atoms with Gasteiger partial charge in [-0.15, -0.1) is 11.3 Å². The van der Waals surface area contributed by atoms with Crippen LogP contribution < -0.4 is 0 Å². The van der Waals surface area contributed by atoms with Crippen molar-refractivity contribution in [1.82, 2.24) is 0 Å². The maximum atomic E-state index is 13.0. The number of esters is 1. The second-order valence-electron chi connectivity index (χ2n) is 7.98. The highest BCUT2D eigenvalue weighted by atomic mass is 32.1. The number of rotatable bonds is 6. The molecule has 0 spiro atoms. The molecular weight excluding hydrogens is 378 g/mol.